The highest BCUT2D eigenvalue weighted by Crippen LogP contribution is 2.31. The van der Waals surface area contributed by atoms with Gasteiger partial charge >= 0.3 is 6.09 Å². The van der Waals surface area contributed by atoms with E-state index in [1.165, 1.54) is 12.8 Å². The van der Waals surface area contributed by atoms with Gasteiger partial charge in [0.1, 0.15) is 11.4 Å². The highest BCUT2D eigenvalue weighted by Gasteiger charge is 2.35. The summed E-state index contributed by atoms with van der Waals surface area (Å²) < 4.78 is 11.1. The average molecular weight is 410 g/mol. The lowest BCUT2D eigenvalue weighted by Gasteiger charge is -2.43. The number of carbonyl (C=O) groups excluding carboxylic acids is 1. The van der Waals surface area contributed by atoms with Gasteiger partial charge in [-0.1, -0.05) is 11.6 Å². The number of halogens is 1. The zero-order chi connectivity index (χ0) is 20.3. The van der Waals surface area contributed by atoms with E-state index < -0.39 is 5.60 Å². The van der Waals surface area contributed by atoms with Crippen molar-refractivity contribution in [3.63, 3.8) is 0 Å². The first-order chi connectivity index (χ1) is 13.3. The number of rotatable bonds is 4. The number of hydrogen-bond donors (Lipinski definition) is 0. The van der Waals surface area contributed by atoms with Crippen LogP contribution in [0.15, 0.2) is 18.2 Å². The van der Waals surface area contributed by atoms with Crippen molar-refractivity contribution in [1.29, 1.82) is 0 Å². The van der Waals surface area contributed by atoms with Gasteiger partial charge in [0.15, 0.2) is 0 Å². The van der Waals surface area contributed by atoms with Crippen LogP contribution in [-0.2, 0) is 4.74 Å². The molecule has 2 fully saturated rings. The molecule has 2 saturated heterocycles. The molecule has 1 amide bonds. The molecule has 2 aliphatic rings. The van der Waals surface area contributed by atoms with Gasteiger partial charge < -0.3 is 24.2 Å². The fourth-order valence-electron chi connectivity index (χ4n) is 3.92. The lowest BCUT2D eigenvalue weighted by molar-refractivity contribution is 0.0107. The molecule has 28 heavy (non-hydrogen) atoms. The van der Waals surface area contributed by atoms with Crippen LogP contribution in [0.2, 0.25) is 5.02 Å². The van der Waals surface area contributed by atoms with E-state index >= 15 is 0 Å². The molecular formula is C21H32ClN3O3. The van der Waals surface area contributed by atoms with E-state index in [2.05, 4.69) is 9.80 Å². The number of ether oxygens (including phenoxy) is 2. The van der Waals surface area contributed by atoms with Crippen LogP contribution in [-0.4, -0.2) is 73.9 Å². The van der Waals surface area contributed by atoms with E-state index in [0.717, 1.165) is 38.4 Å². The van der Waals surface area contributed by atoms with Gasteiger partial charge in [-0.25, -0.2) is 4.79 Å². The molecule has 0 radical (unpaired) electrons. The number of benzene rings is 1. The molecule has 7 heteroatoms. The molecule has 3 rings (SSSR count). The maximum atomic E-state index is 12.8. The van der Waals surface area contributed by atoms with Crippen LogP contribution in [0.1, 0.15) is 33.6 Å². The molecule has 0 unspecified atom stereocenters. The number of methoxy groups -OCH3 is 1. The summed E-state index contributed by atoms with van der Waals surface area (Å²) in [5, 5.41) is 0.604. The first-order valence-corrected chi connectivity index (χ1v) is 10.4. The Morgan fingerprint density at radius 1 is 1.18 bits per heavy atom. The van der Waals surface area contributed by atoms with Crippen LogP contribution in [0.3, 0.4) is 0 Å². The van der Waals surface area contributed by atoms with E-state index in [-0.39, 0.29) is 12.1 Å². The first-order valence-electron chi connectivity index (χ1n) is 10.1. The summed E-state index contributed by atoms with van der Waals surface area (Å²) in [4.78, 5) is 19.5. The SMILES string of the molecule is COc1cc(N2CCN(C(=O)OC(C)(C)C)[C@@H](CN3CCCC3)C2)ccc1Cl. The Kier molecular flexibility index (Phi) is 6.61. The second kappa shape index (κ2) is 8.78. The number of likely N-dealkylation sites (tertiary alicyclic amines) is 1. The molecule has 1 aromatic rings. The monoisotopic (exact) mass is 409 g/mol. The first kappa shape index (κ1) is 21.1. The van der Waals surface area contributed by atoms with Crippen LogP contribution in [0.4, 0.5) is 10.5 Å². The van der Waals surface area contributed by atoms with E-state index in [0.29, 0.717) is 17.3 Å². The van der Waals surface area contributed by atoms with Gasteiger partial charge in [-0.05, 0) is 58.8 Å². The van der Waals surface area contributed by atoms with Gasteiger partial charge in [-0.2, -0.15) is 0 Å². The molecule has 156 valence electrons. The molecule has 0 bridgehead atoms. The van der Waals surface area contributed by atoms with Crippen LogP contribution >= 0.6 is 11.6 Å². The van der Waals surface area contributed by atoms with Crippen molar-refractivity contribution in [3.8, 4) is 5.75 Å². The summed E-state index contributed by atoms with van der Waals surface area (Å²) in [7, 11) is 1.63. The predicted octanol–water partition coefficient (Wildman–Crippen LogP) is 3.87. The predicted molar refractivity (Wildman–Crippen MR) is 113 cm³/mol. The van der Waals surface area contributed by atoms with Crippen LogP contribution in [0.5, 0.6) is 5.75 Å². The van der Waals surface area contributed by atoms with E-state index in [9.17, 15) is 4.79 Å². The minimum Gasteiger partial charge on any atom is -0.495 e. The topological polar surface area (TPSA) is 45.3 Å². The number of amides is 1. The lowest BCUT2D eigenvalue weighted by Crippen LogP contribution is -2.59. The Morgan fingerprint density at radius 3 is 2.54 bits per heavy atom. The molecule has 0 spiro atoms. The fourth-order valence-corrected chi connectivity index (χ4v) is 4.11. The zero-order valence-electron chi connectivity index (χ0n) is 17.4. The third-order valence-electron chi connectivity index (χ3n) is 5.28. The third-order valence-corrected chi connectivity index (χ3v) is 5.59. The highest BCUT2D eigenvalue weighted by atomic mass is 35.5. The molecule has 1 atom stereocenters. The Bertz CT molecular complexity index is 686. The summed E-state index contributed by atoms with van der Waals surface area (Å²) >= 11 is 6.18. The summed E-state index contributed by atoms with van der Waals surface area (Å²) in [6, 6.07) is 5.94. The van der Waals surface area contributed by atoms with E-state index in [1.54, 1.807) is 7.11 Å². The summed E-state index contributed by atoms with van der Waals surface area (Å²) in [6.07, 6.45) is 2.25. The van der Waals surface area contributed by atoms with Gasteiger partial charge in [0, 0.05) is 37.9 Å². The molecule has 6 nitrogen and oxygen atoms in total. The van der Waals surface area contributed by atoms with Gasteiger partial charge in [-0.3, -0.25) is 0 Å². The molecule has 2 heterocycles. The van der Waals surface area contributed by atoms with Crippen LogP contribution < -0.4 is 9.64 Å². The highest BCUT2D eigenvalue weighted by molar-refractivity contribution is 6.32. The minimum atomic E-state index is -0.490. The second-order valence-electron chi connectivity index (χ2n) is 8.60. The zero-order valence-corrected chi connectivity index (χ0v) is 18.2. The molecule has 0 saturated carbocycles. The Labute approximate surface area is 173 Å². The summed E-state index contributed by atoms with van der Waals surface area (Å²) in [5.41, 5.74) is 0.576. The number of carbonyl (C=O) groups is 1. The third kappa shape index (κ3) is 5.23. The van der Waals surface area contributed by atoms with Crippen molar-refractivity contribution in [3.05, 3.63) is 23.2 Å². The van der Waals surface area contributed by atoms with E-state index in [4.69, 9.17) is 21.1 Å². The van der Waals surface area contributed by atoms with Crippen molar-refractivity contribution in [2.75, 3.05) is 51.3 Å². The van der Waals surface area contributed by atoms with Crippen molar-refractivity contribution in [2.45, 2.75) is 45.3 Å². The van der Waals surface area contributed by atoms with Crippen molar-refractivity contribution in [1.82, 2.24) is 9.80 Å². The lowest BCUT2D eigenvalue weighted by atomic mass is 10.1. The number of hydrogen-bond acceptors (Lipinski definition) is 5. The number of piperazine rings is 1. The quantitative estimate of drug-likeness (QED) is 0.755. The molecule has 0 aliphatic carbocycles. The maximum Gasteiger partial charge on any atom is 0.410 e. The van der Waals surface area contributed by atoms with Gasteiger partial charge in [0.05, 0.1) is 18.2 Å². The van der Waals surface area contributed by atoms with Crippen molar-refractivity contribution in [2.24, 2.45) is 0 Å². The molecule has 2 aliphatic heterocycles. The Balaban J connectivity index is 1.76. The second-order valence-corrected chi connectivity index (χ2v) is 9.01. The van der Waals surface area contributed by atoms with Gasteiger partial charge in [0.2, 0.25) is 0 Å². The maximum absolute atomic E-state index is 12.8. The largest absolute Gasteiger partial charge is 0.495 e. The summed E-state index contributed by atoms with van der Waals surface area (Å²) in [5.74, 6) is 0.671. The van der Waals surface area contributed by atoms with Gasteiger partial charge in [0.25, 0.3) is 0 Å². The summed E-state index contributed by atoms with van der Waals surface area (Å²) in [6.45, 7) is 11.0. The molecular weight excluding hydrogens is 378 g/mol. The van der Waals surface area contributed by atoms with Crippen LogP contribution in [0.25, 0.3) is 0 Å². The Morgan fingerprint density at radius 2 is 1.89 bits per heavy atom. The molecule has 0 N–H and O–H groups in total. The molecule has 1 aromatic carbocycles. The Hall–Kier alpha value is -1.66. The van der Waals surface area contributed by atoms with Crippen LogP contribution in [0, 0.1) is 0 Å². The minimum absolute atomic E-state index is 0.0865. The normalized spacial score (nSPS) is 21.1. The average Bonchev–Trinajstić information content (AvgIpc) is 3.13. The van der Waals surface area contributed by atoms with Crippen molar-refractivity contribution < 1.29 is 14.3 Å². The smallest absolute Gasteiger partial charge is 0.410 e. The van der Waals surface area contributed by atoms with E-state index in [1.807, 2.05) is 43.9 Å². The molecule has 0 aromatic heterocycles. The fraction of sp³-hybridized carbons (Fsp3) is 0.667. The van der Waals surface area contributed by atoms with Gasteiger partial charge in [-0.15, -0.1) is 0 Å². The number of anilines is 1. The number of nitrogens with zero attached hydrogens (tertiary/aromatic N) is 3. The standard InChI is InChI=1S/C21H32ClN3O3/c1-21(2,3)28-20(26)25-12-11-24(15-17(25)14-23-9-5-6-10-23)16-7-8-18(22)19(13-16)27-4/h7-8,13,17H,5-6,9-12,14-15H2,1-4H3/t17-/m0/s1. The van der Waals surface area contributed by atoms with Crippen molar-refractivity contribution >= 4 is 23.4 Å².